The van der Waals surface area contributed by atoms with Crippen LogP contribution in [0.4, 0.5) is 10.6 Å². The number of allylic oxidation sites excluding steroid dienone is 1. The summed E-state index contributed by atoms with van der Waals surface area (Å²) >= 11 is 0. The Kier molecular flexibility index (Phi) is 7.79. The van der Waals surface area contributed by atoms with Crippen LogP contribution < -0.4 is 10.6 Å². The average Bonchev–Trinajstić information content (AvgIpc) is 2.69. The van der Waals surface area contributed by atoms with Crippen molar-refractivity contribution in [2.75, 3.05) is 11.9 Å². The van der Waals surface area contributed by atoms with Gasteiger partial charge in [-0.2, -0.15) is 0 Å². The van der Waals surface area contributed by atoms with Gasteiger partial charge in [0, 0.05) is 24.3 Å². The number of ether oxygens (including phenoxy) is 3. The van der Waals surface area contributed by atoms with Crippen molar-refractivity contribution in [3.05, 3.63) is 41.3 Å². The van der Waals surface area contributed by atoms with E-state index >= 15 is 0 Å². The van der Waals surface area contributed by atoms with Crippen molar-refractivity contribution in [3.8, 4) is 0 Å². The largest absolute Gasteiger partial charge is 0.488 e. The van der Waals surface area contributed by atoms with Gasteiger partial charge in [-0.3, -0.25) is 4.79 Å². The predicted octanol–water partition coefficient (Wildman–Crippen LogP) is 4.57. The van der Waals surface area contributed by atoms with Crippen LogP contribution in [0, 0.1) is 5.92 Å². The van der Waals surface area contributed by atoms with Crippen LogP contribution in [-0.2, 0) is 25.6 Å². The van der Waals surface area contributed by atoms with Crippen molar-refractivity contribution >= 4 is 23.4 Å². The lowest BCUT2D eigenvalue weighted by Gasteiger charge is -2.29. The molecule has 1 aliphatic carbocycles. The first-order valence-electron chi connectivity index (χ1n) is 11.4. The smallest absolute Gasteiger partial charge is 0.407 e. The molecule has 1 aliphatic heterocycles. The maximum atomic E-state index is 12.2. The van der Waals surface area contributed by atoms with Gasteiger partial charge in [-0.25, -0.2) is 9.78 Å². The molecule has 8 heteroatoms. The summed E-state index contributed by atoms with van der Waals surface area (Å²) in [5, 5.41) is 5.67. The van der Waals surface area contributed by atoms with Crippen LogP contribution in [0.15, 0.2) is 30.2 Å². The fraction of sp³-hybridized carbons (Fsp3) is 0.560. The summed E-state index contributed by atoms with van der Waals surface area (Å²) in [6, 6.07) is 1.73. The SMILES string of the molecule is CC(=O)Nc1cc2c(cn1)COC1=CC(OC[C@H](CC(C)C)NC(=O)OC(C)(C)C)CC=C12. The molecule has 0 saturated heterocycles. The third-order valence-corrected chi connectivity index (χ3v) is 5.11. The second-order valence-electron chi connectivity index (χ2n) is 9.93. The van der Waals surface area contributed by atoms with Gasteiger partial charge in [-0.1, -0.05) is 19.9 Å². The summed E-state index contributed by atoms with van der Waals surface area (Å²) in [4.78, 5) is 27.9. The zero-order chi connectivity index (χ0) is 24.2. The van der Waals surface area contributed by atoms with Gasteiger partial charge >= 0.3 is 6.09 Å². The lowest BCUT2D eigenvalue weighted by atomic mass is 9.92. The summed E-state index contributed by atoms with van der Waals surface area (Å²) in [5.41, 5.74) is 2.42. The van der Waals surface area contributed by atoms with Gasteiger partial charge in [0.05, 0.1) is 18.8 Å². The fourth-order valence-electron chi connectivity index (χ4n) is 3.85. The lowest BCUT2D eigenvalue weighted by Crippen LogP contribution is -2.42. The van der Waals surface area contributed by atoms with Crippen LogP contribution in [-0.4, -0.2) is 41.3 Å². The van der Waals surface area contributed by atoms with Crippen LogP contribution in [0.25, 0.3) is 5.57 Å². The van der Waals surface area contributed by atoms with Gasteiger partial charge in [0.2, 0.25) is 5.91 Å². The van der Waals surface area contributed by atoms with Crippen molar-refractivity contribution in [1.29, 1.82) is 0 Å². The quantitative estimate of drug-likeness (QED) is 0.623. The Bertz CT molecular complexity index is 946. The highest BCUT2D eigenvalue weighted by atomic mass is 16.6. The molecule has 1 aromatic rings. The molecule has 0 bridgehead atoms. The van der Waals surface area contributed by atoms with E-state index in [0.29, 0.717) is 31.4 Å². The molecule has 0 spiro atoms. The highest BCUT2D eigenvalue weighted by Crippen LogP contribution is 2.37. The van der Waals surface area contributed by atoms with E-state index < -0.39 is 11.7 Å². The van der Waals surface area contributed by atoms with Crippen LogP contribution in [0.5, 0.6) is 0 Å². The molecule has 33 heavy (non-hydrogen) atoms. The van der Waals surface area contributed by atoms with Gasteiger partial charge in [0.25, 0.3) is 0 Å². The van der Waals surface area contributed by atoms with E-state index in [-0.39, 0.29) is 18.1 Å². The molecule has 3 rings (SSSR count). The van der Waals surface area contributed by atoms with E-state index in [1.54, 1.807) is 6.20 Å². The zero-order valence-electron chi connectivity index (χ0n) is 20.4. The normalized spacial score (nSPS) is 18.2. The number of nitrogens with one attached hydrogen (secondary N) is 2. The van der Waals surface area contributed by atoms with E-state index in [0.717, 1.165) is 28.9 Å². The Morgan fingerprint density at radius 3 is 2.73 bits per heavy atom. The number of anilines is 1. The first-order chi connectivity index (χ1) is 15.5. The second-order valence-corrected chi connectivity index (χ2v) is 9.93. The first kappa shape index (κ1) is 24.8. The minimum Gasteiger partial charge on any atom is -0.488 e. The first-order valence-corrected chi connectivity index (χ1v) is 11.4. The van der Waals surface area contributed by atoms with Gasteiger partial charge in [0.15, 0.2) is 0 Å². The van der Waals surface area contributed by atoms with Gasteiger partial charge < -0.3 is 24.8 Å². The maximum absolute atomic E-state index is 12.2. The monoisotopic (exact) mass is 457 g/mol. The predicted molar refractivity (Wildman–Crippen MR) is 126 cm³/mol. The molecule has 1 unspecified atom stereocenters. The number of nitrogens with zero attached hydrogens (tertiary/aromatic N) is 1. The van der Waals surface area contributed by atoms with E-state index in [4.69, 9.17) is 14.2 Å². The molecule has 2 N–H and O–H groups in total. The van der Waals surface area contributed by atoms with Crippen LogP contribution in [0.1, 0.15) is 65.5 Å². The average molecular weight is 458 g/mol. The Morgan fingerprint density at radius 2 is 2.06 bits per heavy atom. The van der Waals surface area contributed by atoms with Crippen molar-refractivity contribution in [2.24, 2.45) is 5.92 Å². The highest BCUT2D eigenvalue weighted by Gasteiger charge is 2.27. The number of carbonyl (C=O) groups excluding carboxylic acids is 2. The molecular weight excluding hydrogens is 422 g/mol. The minimum absolute atomic E-state index is 0.150. The molecule has 0 aromatic carbocycles. The molecule has 0 saturated carbocycles. The summed E-state index contributed by atoms with van der Waals surface area (Å²) in [7, 11) is 0. The van der Waals surface area contributed by atoms with Crippen molar-refractivity contribution < 1.29 is 23.8 Å². The van der Waals surface area contributed by atoms with Crippen LogP contribution in [0.2, 0.25) is 0 Å². The minimum atomic E-state index is -0.549. The van der Waals surface area contributed by atoms with Crippen molar-refractivity contribution in [2.45, 2.75) is 78.7 Å². The molecule has 1 aromatic heterocycles. The molecule has 2 aliphatic rings. The van der Waals surface area contributed by atoms with Crippen LogP contribution in [0.3, 0.4) is 0 Å². The fourth-order valence-corrected chi connectivity index (χ4v) is 3.85. The molecule has 2 heterocycles. The number of hydrogen-bond donors (Lipinski definition) is 2. The number of fused-ring (bicyclic) bond motifs is 3. The lowest BCUT2D eigenvalue weighted by molar-refractivity contribution is -0.114. The van der Waals surface area contributed by atoms with Gasteiger partial charge in [-0.15, -0.1) is 0 Å². The molecule has 8 nitrogen and oxygen atoms in total. The molecule has 0 fully saturated rings. The van der Waals surface area contributed by atoms with Crippen molar-refractivity contribution in [1.82, 2.24) is 10.3 Å². The topological polar surface area (TPSA) is 98.8 Å². The Hall–Kier alpha value is -2.87. The Labute approximate surface area is 195 Å². The maximum Gasteiger partial charge on any atom is 0.407 e. The molecular formula is C25H35N3O5. The standard InChI is InChI=1S/C25H35N3O5/c1-15(2)9-18(28-24(30)33-25(4,5)6)14-31-19-7-8-20-21-11-23(27-16(3)29)26-12-17(21)13-32-22(20)10-19/h8,10-12,15,18-19H,7,9,13-14H2,1-6H3,(H,28,30)(H,26,27,29)/t18-,19?/m0/s1. The van der Waals surface area contributed by atoms with Gasteiger partial charge in [0.1, 0.15) is 23.8 Å². The second kappa shape index (κ2) is 10.4. The molecule has 0 radical (unpaired) electrons. The van der Waals surface area contributed by atoms with E-state index in [9.17, 15) is 9.59 Å². The van der Waals surface area contributed by atoms with Crippen LogP contribution >= 0.6 is 0 Å². The number of rotatable bonds is 7. The Morgan fingerprint density at radius 1 is 1.30 bits per heavy atom. The molecule has 180 valence electrons. The summed E-state index contributed by atoms with van der Waals surface area (Å²) in [6.45, 7) is 12.0. The Balaban J connectivity index is 1.64. The number of aromatic nitrogens is 1. The molecule has 2 amide bonds. The van der Waals surface area contributed by atoms with E-state index in [1.807, 2.05) is 32.9 Å². The number of hydrogen-bond acceptors (Lipinski definition) is 6. The third kappa shape index (κ3) is 7.32. The van der Waals surface area contributed by atoms with Crippen molar-refractivity contribution in [3.63, 3.8) is 0 Å². The summed E-state index contributed by atoms with van der Waals surface area (Å²) in [5.74, 6) is 1.52. The summed E-state index contributed by atoms with van der Waals surface area (Å²) in [6.07, 6.45) is 6.69. The zero-order valence-corrected chi connectivity index (χ0v) is 20.4. The number of alkyl carbamates (subject to hydrolysis) is 1. The highest BCUT2D eigenvalue weighted by molar-refractivity contribution is 5.89. The summed E-state index contributed by atoms with van der Waals surface area (Å²) < 4.78 is 17.5. The van der Waals surface area contributed by atoms with E-state index in [2.05, 4.69) is 35.5 Å². The third-order valence-electron chi connectivity index (χ3n) is 5.11. The number of amides is 2. The van der Waals surface area contributed by atoms with E-state index in [1.165, 1.54) is 6.92 Å². The van der Waals surface area contributed by atoms with Gasteiger partial charge in [-0.05, 0) is 57.2 Å². The number of pyridine rings is 1. The molecule has 2 atom stereocenters. The number of carbonyl (C=O) groups is 2.